The van der Waals surface area contributed by atoms with Crippen LogP contribution < -0.4 is 5.32 Å². The number of nitrogens with one attached hydrogen (secondary N) is 1. The third-order valence-corrected chi connectivity index (χ3v) is 4.10. The standard InChI is InChI=1S/C19H26N2O6/c1-19(2,3)27-18(24)21-11-14(25-4)10-15(21)16(22)20-13-8-6-12(7-9-13)17(23)26-5/h6-9,14-15H,10-11H2,1-5H3,(H,20,22). The SMILES string of the molecule is COC(=O)c1ccc(NC(=O)C2CC(OC)CN2C(=O)OC(C)(C)C)cc1. The molecule has 1 aliphatic rings. The third kappa shape index (κ3) is 5.43. The van der Waals surface area contributed by atoms with Crippen molar-refractivity contribution < 1.29 is 28.6 Å². The molecule has 0 aliphatic carbocycles. The van der Waals surface area contributed by atoms with Gasteiger partial charge in [-0.2, -0.15) is 0 Å². The number of rotatable bonds is 4. The first kappa shape index (κ1) is 20.7. The van der Waals surface area contributed by atoms with E-state index < -0.39 is 23.7 Å². The number of carbonyl (C=O) groups is 3. The van der Waals surface area contributed by atoms with Crippen LogP contribution in [0, 0.1) is 0 Å². The van der Waals surface area contributed by atoms with Crippen LogP contribution in [0.1, 0.15) is 37.6 Å². The van der Waals surface area contributed by atoms with Gasteiger partial charge in [-0.3, -0.25) is 9.69 Å². The molecule has 1 aromatic rings. The minimum absolute atomic E-state index is 0.241. The molecule has 1 fully saturated rings. The summed E-state index contributed by atoms with van der Waals surface area (Å²) in [5, 5.41) is 2.76. The van der Waals surface area contributed by atoms with E-state index in [4.69, 9.17) is 9.47 Å². The Bertz CT molecular complexity index is 695. The van der Waals surface area contributed by atoms with E-state index in [1.165, 1.54) is 12.0 Å². The van der Waals surface area contributed by atoms with Gasteiger partial charge in [0.25, 0.3) is 0 Å². The lowest BCUT2D eigenvalue weighted by atomic mass is 10.1. The number of hydrogen-bond donors (Lipinski definition) is 1. The lowest BCUT2D eigenvalue weighted by Gasteiger charge is -2.27. The number of likely N-dealkylation sites (tertiary alicyclic amines) is 1. The number of ether oxygens (including phenoxy) is 3. The van der Waals surface area contributed by atoms with Crippen molar-refractivity contribution >= 4 is 23.7 Å². The average Bonchev–Trinajstić information content (AvgIpc) is 3.05. The number of nitrogens with zero attached hydrogens (tertiary/aromatic N) is 1. The topological polar surface area (TPSA) is 94.2 Å². The Kier molecular flexibility index (Phi) is 6.43. The maximum atomic E-state index is 12.7. The Morgan fingerprint density at radius 3 is 2.26 bits per heavy atom. The van der Waals surface area contributed by atoms with Crippen LogP contribution >= 0.6 is 0 Å². The highest BCUT2D eigenvalue weighted by atomic mass is 16.6. The molecule has 0 radical (unpaired) electrons. The predicted octanol–water partition coefficient (Wildman–Crippen LogP) is 2.44. The molecular weight excluding hydrogens is 352 g/mol. The second-order valence-electron chi connectivity index (χ2n) is 7.30. The van der Waals surface area contributed by atoms with Crippen LogP contribution in [0.4, 0.5) is 10.5 Å². The highest BCUT2D eigenvalue weighted by Gasteiger charge is 2.41. The van der Waals surface area contributed by atoms with Gasteiger partial charge in [-0.25, -0.2) is 9.59 Å². The second-order valence-corrected chi connectivity index (χ2v) is 7.30. The van der Waals surface area contributed by atoms with Crippen LogP contribution in [-0.4, -0.2) is 61.4 Å². The van der Waals surface area contributed by atoms with Gasteiger partial charge in [-0.05, 0) is 45.0 Å². The fourth-order valence-electron chi connectivity index (χ4n) is 2.77. The van der Waals surface area contributed by atoms with Gasteiger partial charge in [0.2, 0.25) is 5.91 Å². The highest BCUT2D eigenvalue weighted by Crippen LogP contribution is 2.24. The third-order valence-electron chi connectivity index (χ3n) is 4.10. The monoisotopic (exact) mass is 378 g/mol. The van der Waals surface area contributed by atoms with Crippen LogP contribution in [0.5, 0.6) is 0 Å². The van der Waals surface area contributed by atoms with Gasteiger partial charge in [0.1, 0.15) is 11.6 Å². The minimum atomic E-state index is -0.704. The first-order valence-electron chi connectivity index (χ1n) is 8.66. The molecule has 1 aliphatic heterocycles. The van der Waals surface area contributed by atoms with Crippen molar-refractivity contribution in [2.24, 2.45) is 0 Å². The van der Waals surface area contributed by atoms with Gasteiger partial charge >= 0.3 is 12.1 Å². The van der Waals surface area contributed by atoms with Crippen molar-refractivity contribution in [3.63, 3.8) is 0 Å². The largest absolute Gasteiger partial charge is 0.465 e. The molecule has 0 spiro atoms. The lowest BCUT2D eigenvalue weighted by Crippen LogP contribution is -2.45. The average molecular weight is 378 g/mol. The van der Waals surface area contributed by atoms with Crippen molar-refractivity contribution in [1.29, 1.82) is 0 Å². The van der Waals surface area contributed by atoms with E-state index in [9.17, 15) is 14.4 Å². The minimum Gasteiger partial charge on any atom is -0.465 e. The summed E-state index contributed by atoms with van der Waals surface area (Å²) in [6.07, 6.45) is -0.417. The van der Waals surface area contributed by atoms with E-state index in [-0.39, 0.29) is 18.6 Å². The van der Waals surface area contributed by atoms with Crippen LogP contribution in [0.25, 0.3) is 0 Å². The molecule has 8 heteroatoms. The van der Waals surface area contributed by atoms with E-state index >= 15 is 0 Å². The highest BCUT2D eigenvalue weighted by molar-refractivity contribution is 5.97. The van der Waals surface area contributed by atoms with Crippen molar-refractivity contribution in [2.45, 2.75) is 44.9 Å². The summed E-state index contributed by atoms with van der Waals surface area (Å²) < 4.78 is 15.4. The summed E-state index contributed by atoms with van der Waals surface area (Å²) in [6, 6.07) is 5.61. The maximum Gasteiger partial charge on any atom is 0.411 e. The Morgan fingerprint density at radius 1 is 1.11 bits per heavy atom. The predicted molar refractivity (Wildman–Crippen MR) is 98.6 cm³/mol. The number of amides is 2. The lowest BCUT2D eigenvalue weighted by molar-refractivity contribution is -0.120. The summed E-state index contributed by atoms with van der Waals surface area (Å²) >= 11 is 0. The number of methoxy groups -OCH3 is 2. The van der Waals surface area contributed by atoms with E-state index in [0.29, 0.717) is 17.7 Å². The van der Waals surface area contributed by atoms with Gasteiger partial charge in [-0.1, -0.05) is 0 Å². The molecule has 1 N–H and O–H groups in total. The first-order valence-corrected chi connectivity index (χ1v) is 8.66. The Balaban J connectivity index is 2.09. The fourth-order valence-corrected chi connectivity index (χ4v) is 2.77. The van der Waals surface area contributed by atoms with Gasteiger partial charge in [0.15, 0.2) is 0 Å². The van der Waals surface area contributed by atoms with Gasteiger partial charge in [0, 0.05) is 19.2 Å². The number of anilines is 1. The molecule has 2 amide bonds. The van der Waals surface area contributed by atoms with Crippen LogP contribution in [0.3, 0.4) is 0 Å². The van der Waals surface area contributed by atoms with E-state index in [0.717, 1.165) is 0 Å². The zero-order valence-corrected chi connectivity index (χ0v) is 16.3. The molecule has 27 heavy (non-hydrogen) atoms. The zero-order valence-electron chi connectivity index (χ0n) is 16.3. The molecule has 1 heterocycles. The van der Waals surface area contributed by atoms with Crippen molar-refractivity contribution in [1.82, 2.24) is 4.90 Å². The van der Waals surface area contributed by atoms with Gasteiger partial charge in [-0.15, -0.1) is 0 Å². The Labute approximate surface area is 158 Å². The summed E-state index contributed by atoms with van der Waals surface area (Å²) in [6.45, 7) is 5.59. The smallest absolute Gasteiger partial charge is 0.411 e. The Morgan fingerprint density at radius 2 is 1.74 bits per heavy atom. The van der Waals surface area contributed by atoms with Crippen molar-refractivity contribution in [3.05, 3.63) is 29.8 Å². The van der Waals surface area contributed by atoms with Crippen molar-refractivity contribution in [2.75, 3.05) is 26.1 Å². The van der Waals surface area contributed by atoms with Crippen LogP contribution in [0.2, 0.25) is 0 Å². The van der Waals surface area contributed by atoms with Crippen LogP contribution in [0.15, 0.2) is 24.3 Å². The Hall–Kier alpha value is -2.61. The van der Waals surface area contributed by atoms with Gasteiger partial charge in [0.05, 0.1) is 25.3 Å². The number of carbonyl (C=O) groups excluding carboxylic acids is 3. The molecule has 2 atom stereocenters. The molecule has 148 valence electrons. The fraction of sp³-hybridized carbons (Fsp3) is 0.526. The normalized spacial score (nSPS) is 19.5. The maximum absolute atomic E-state index is 12.7. The molecule has 8 nitrogen and oxygen atoms in total. The zero-order chi connectivity index (χ0) is 20.2. The molecule has 2 rings (SSSR count). The van der Waals surface area contributed by atoms with E-state index in [1.54, 1.807) is 52.1 Å². The van der Waals surface area contributed by atoms with Gasteiger partial charge < -0.3 is 19.5 Å². The molecule has 1 aromatic carbocycles. The summed E-state index contributed by atoms with van der Waals surface area (Å²) in [7, 11) is 2.85. The summed E-state index contributed by atoms with van der Waals surface area (Å²) in [5.41, 5.74) is 0.233. The molecular formula is C19H26N2O6. The van der Waals surface area contributed by atoms with E-state index in [2.05, 4.69) is 10.1 Å². The molecule has 0 bridgehead atoms. The van der Waals surface area contributed by atoms with Crippen molar-refractivity contribution in [3.8, 4) is 0 Å². The molecule has 0 aromatic heterocycles. The van der Waals surface area contributed by atoms with Crippen LogP contribution in [-0.2, 0) is 19.0 Å². The summed E-state index contributed by atoms with van der Waals surface area (Å²) in [5.74, 6) is -0.797. The number of hydrogen-bond acceptors (Lipinski definition) is 6. The quantitative estimate of drug-likeness (QED) is 0.809. The number of esters is 1. The van der Waals surface area contributed by atoms with E-state index in [1.807, 2.05) is 0 Å². The molecule has 1 saturated heterocycles. The first-order chi connectivity index (χ1) is 12.6. The number of benzene rings is 1. The second kappa shape index (κ2) is 8.39. The molecule has 0 saturated carbocycles. The summed E-state index contributed by atoms with van der Waals surface area (Å²) in [4.78, 5) is 38.0. The molecule has 2 unspecified atom stereocenters.